The van der Waals surface area contributed by atoms with Crippen molar-refractivity contribution in [2.75, 3.05) is 13.1 Å². The fourth-order valence-electron chi connectivity index (χ4n) is 2.59. The number of aromatic nitrogens is 2. The van der Waals surface area contributed by atoms with Crippen LogP contribution in [0, 0.1) is 5.92 Å². The topological polar surface area (TPSA) is 46.1 Å². The lowest BCUT2D eigenvalue weighted by atomic mass is 9.91. The summed E-state index contributed by atoms with van der Waals surface area (Å²) in [6.07, 6.45) is 4.85. The summed E-state index contributed by atoms with van der Waals surface area (Å²) in [7, 11) is 0. The molecule has 4 nitrogen and oxygen atoms in total. The van der Waals surface area contributed by atoms with E-state index in [-0.39, 0.29) is 5.91 Å². The van der Waals surface area contributed by atoms with E-state index < -0.39 is 0 Å². The van der Waals surface area contributed by atoms with Gasteiger partial charge in [0.2, 0.25) is 5.91 Å². The van der Waals surface area contributed by atoms with Crippen molar-refractivity contribution < 1.29 is 4.79 Å². The molecule has 1 aromatic rings. The zero-order chi connectivity index (χ0) is 13.8. The minimum atomic E-state index is 0.197. The predicted molar refractivity (Wildman–Crippen MR) is 74.8 cm³/mol. The monoisotopic (exact) mass is 261 g/mol. The highest BCUT2D eigenvalue weighted by atomic mass is 16.2. The van der Waals surface area contributed by atoms with Gasteiger partial charge in [-0.2, -0.15) is 0 Å². The van der Waals surface area contributed by atoms with Gasteiger partial charge in [0.15, 0.2) is 0 Å². The van der Waals surface area contributed by atoms with Crippen LogP contribution in [0.5, 0.6) is 0 Å². The second-order valence-electron chi connectivity index (χ2n) is 5.74. The molecule has 2 heterocycles. The van der Waals surface area contributed by atoms with E-state index in [0.717, 1.165) is 43.7 Å². The average molecular weight is 261 g/mol. The molecule has 1 aliphatic heterocycles. The summed E-state index contributed by atoms with van der Waals surface area (Å²) in [5, 5.41) is 0. The summed E-state index contributed by atoms with van der Waals surface area (Å²) >= 11 is 0. The number of hydrogen-bond donors (Lipinski definition) is 0. The number of likely N-dealkylation sites (tertiary alicyclic amines) is 1. The van der Waals surface area contributed by atoms with E-state index in [4.69, 9.17) is 0 Å². The predicted octanol–water partition coefficient (Wildman–Crippen LogP) is 2.40. The first kappa shape index (κ1) is 14.0. The number of piperidine rings is 1. The molecule has 0 unspecified atom stereocenters. The van der Waals surface area contributed by atoms with Crippen molar-refractivity contribution in [3.05, 3.63) is 23.8 Å². The van der Waals surface area contributed by atoms with Crippen molar-refractivity contribution in [3.8, 4) is 0 Å². The Morgan fingerprint density at radius 2 is 2.05 bits per heavy atom. The molecule has 1 amide bonds. The van der Waals surface area contributed by atoms with Crippen molar-refractivity contribution in [3.63, 3.8) is 0 Å². The van der Waals surface area contributed by atoms with E-state index in [9.17, 15) is 4.79 Å². The van der Waals surface area contributed by atoms with Crippen molar-refractivity contribution >= 4 is 5.91 Å². The van der Waals surface area contributed by atoms with Crippen molar-refractivity contribution in [2.45, 2.75) is 46.0 Å². The molecular weight excluding hydrogens is 238 g/mol. The Morgan fingerprint density at radius 1 is 1.37 bits per heavy atom. The van der Waals surface area contributed by atoms with Gasteiger partial charge in [-0.25, -0.2) is 9.97 Å². The fraction of sp³-hybridized carbons (Fsp3) is 0.667. The number of carbonyl (C=O) groups is 1. The van der Waals surface area contributed by atoms with Crippen LogP contribution in [-0.2, 0) is 11.2 Å². The Hall–Kier alpha value is -1.45. The van der Waals surface area contributed by atoms with Crippen LogP contribution in [0.2, 0.25) is 0 Å². The van der Waals surface area contributed by atoms with Gasteiger partial charge in [-0.15, -0.1) is 0 Å². The normalized spacial score (nSPS) is 16.9. The highest BCUT2D eigenvalue weighted by molar-refractivity contribution is 5.73. The van der Waals surface area contributed by atoms with Gasteiger partial charge in [0.1, 0.15) is 6.33 Å². The molecule has 0 atom stereocenters. The zero-order valence-electron chi connectivity index (χ0n) is 12.1. The smallest absolute Gasteiger partial charge is 0.219 e. The molecule has 1 saturated heterocycles. The van der Waals surface area contributed by atoms with Gasteiger partial charge in [-0.05, 0) is 37.2 Å². The molecule has 0 bridgehead atoms. The third-order valence-corrected chi connectivity index (χ3v) is 3.89. The molecular formula is C15H23N3O. The molecule has 0 spiro atoms. The van der Waals surface area contributed by atoms with Crippen molar-refractivity contribution in [1.82, 2.24) is 14.9 Å². The summed E-state index contributed by atoms with van der Waals surface area (Å²) in [5.74, 6) is 1.29. The lowest BCUT2D eigenvalue weighted by molar-refractivity contribution is -0.130. The van der Waals surface area contributed by atoms with Gasteiger partial charge >= 0.3 is 0 Å². The van der Waals surface area contributed by atoms with Gasteiger partial charge < -0.3 is 4.90 Å². The Morgan fingerprint density at radius 3 is 2.63 bits per heavy atom. The SMILES string of the molecule is CC(=O)N1CCC(Cc2cc(C(C)C)ncn2)CC1. The summed E-state index contributed by atoms with van der Waals surface area (Å²) in [4.78, 5) is 21.9. The Balaban J connectivity index is 1.92. The Labute approximate surface area is 115 Å². The molecule has 0 aliphatic carbocycles. The van der Waals surface area contributed by atoms with Crippen LogP contribution in [0.25, 0.3) is 0 Å². The van der Waals surface area contributed by atoms with Gasteiger partial charge in [-0.3, -0.25) is 4.79 Å². The number of hydrogen-bond acceptors (Lipinski definition) is 3. The molecule has 4 heteroatoms. The van der Waals surface area contributed by atoms with Crippen LogP contribution in [0.1, 0.15) is 50.9 Å². The summed E-state index contributed by atoms with van der Waals surface area (Å²) in [5.41, 5.74) is 2.26. The van der Waals surface area contributed by atoms with E-state index in [1.807, 2.05) is 4.90 Å². The molecule has 1 fully saturated rings. The summed E-state index contributed by atoms with van der Waals surface area (Å²) in [6.45, 7) is 7.73. The fourth-order valence-corrected chi connectivity index (χ4v) is 2.59. The summed E-state index contributed by atoms with van der Waals surface area (Å²) in [6, 6.07) is 2.13. The molecule has 0 aromatic carbocycles. The second kappa shape index (κ2) is 6.13. The highest BCUT2D eigenvalue weighted by Crippen LogP contribution is 2.22. The van der Waals surface area contributed by atoms with Crippen molar-refractivity contribution in [1.29, 1.82) is 0 Å². The first-order valence-corrected chi connectivity index (χ1v) is 7.12. The summed E-state index contributed by atoms with van der Waals surface area (Å²) < 4.78 is 0. The number of rotatable bonds is 3. The average Bonchev–Trinajstić information content (AvgIpc) is 2.39. The van der Waals surface area contributed by atoms with Crippen LogP contribution in [0.3, 0.4) is 0 Å². The molecule has 2 rings (SSSR count). The highest BCUT2D eigenvalue weighted by Gasteiger charge is 2.21. The third-order valence-electron chi connectivity index (χ3n) is 3.89. The number of carbonyl (C=O) groups excluding carboxylic acids is 1. The minimum absolute atomic E-state index is 0.197. The largest absolute Gasteiger partial charge is 0.343 e. The molecule has 1 aromatic heterocycles. The second-order valence-corrected chi connectivity index (χ2v) is 5.74. The Kier molecular flexibility index (Phi) is 4.51. The van der Waals surface area contributed by atoms with Gasteiger partial charge in [0, 0.05) is 31.4 Å². The van der Waals surface area contributed by atoms with E-state index in [0.29, 0.717) is 11.8 Å². The van der Waals surface area contributed by atoms with E-state index >= 15 is 0 Å². The molecule has 104 valence electrons. The van der Waals surface area contributed by atoms with Crippen LogP contribution in [0.4, 0.5) is 0 Å². The van der Waals surface area contributed by atoms with Crippen LogP contribution in [-0.4, -0.2) is 33.9 Å². The Bertz CT molecular complexity index is 437. The van der Waals surface area contributed by atoms with Crippen molar-refractivity contribution in [2.24, 2.45) is 5.92 Å². The zero-order valence-corrected chi connectivity index (χ0v) is 12.1. The minimum Gasteiger partial charge on any atom is -0.343 e. The standard InChI is InChI=1S/C15H23N3O/c1-11(2)15-9-14(16-10-17-15)8-13-4-6-18(7-5-13)12(3)19/h9-11,13H,4-8H2,1-3H3. The lowest BCUT2D eigenvalue weighted by Crippen LogP contribution is -2.37. The number of nitrogens with zero attached hydrogens (tertiary/aromatic N) is 3. The van der Waals surface area contributed by atoms with Gasteiger partial charge in [0.25, 0.3) is 0 Å². The van der Waals surface area contributed by atoms with Crippen LogP contribution < -0.4 is 0 Å². The molecule has 0 radical (unpaired) electrons. The first-order valence-electron chi connectivity index (χ1n) is 7.12. The molecule has 1 aliphatic rings. The lowest BCUT2D eigenvalue weighted by Gasteiger charge is -2.31. The van der Waals surface area contributed by atoms with Crippen LogP contribution >= 0.6 is 0 Å². The van der Waals surface area contributed by atoms with Crippen LogP contribution in [0.15, 0.2) is 12.4 Å². The maximum Gasteiger partial charge on any atom is 0.219 e. The van der Waals surface area contributed by atoms with Gasteiger partial charge in [-0.1, -0.05) is 13.8 Å². The molecule has 0 N–H and O–H groups in total. The maximum atomic E-state index is 11.3. The van der Waals surface area contributed by atoms with E-state index in [1.165, 1.54) is 0 Å². The maximum absolute atomic E-state index is 11.3. The number of amides is 1. The van der Waals surface area contributed by atoms with Gasteiger partial charge in [0.05, 0.1) is 0 Å². The first-order chi connectivity index (χ1) is 9.06. The van der Waals surface area contributed by atoms with E-state index in [2.05, 4.69) is 29.9 Å². The quantitative estimate of drug-likeness (QED) is 0.839. The molecule has 19 heavy (non-hydrogen) atoms. The third kappa shape index (κ3) is 3.75. The molecule has 0 saturated carbocycles. The van der Waals surface area contributed by atoms with E-state index in [1.54, 1.807) is 13.3 Å².